The third-order valence-corrected chi connectivity index (χ3v) is 5.37. The predicted octanol–water partition coefficient (Wildman–Crippen LogP) is 2.76. The minimum atomic E-state index is -0.558. The van der Waals surface area contributed by atoms with Gasteiger partial charge in [-0.25, -0.2) is 4.98 Å². The van der Waals surface area contributed by atoms with Crippen molar-refractivity contribution in [2.45, 2.75) is 51.2 Å². The van der Waals surface area contributed by atoms with Crippen LogP contribution in [0, 0.1) is 0 Å². The molecular weight excluding hydrogens is 308 g/mol. The van der Waals surface area contributed by atoms with Crippen LogP contribution >= 0.6 is 11.3 Å². The van der Waals surface area contributed by atoms with Gasteiger partial charge in [-0.05, 0) is 11.1 Å². The highest BCUT2D eigenvalue weighted by molar-refractivity contribution is 7.09. The van der Waals surface area contributed by atoms with Crippen molar-refractivity contribution in [3.05, 3.63) is 51.5 Å². The van der Waals surface area contributed by atoms with E-state index >= 15 is 0 Å². The van der Waals surface area contributed by atoms with Crippen LogP contribution in [0.15, 0.2) is 29.6 Å². The van der Waals surface area contributed by atoms with Crippen molar-refractivity contribution in [2.75, 3.05) is 0 Å². The molecule has 1 aliphatic rings. The Balaban J connectivity index is 1.67. The quantitative estimate of drug-likeness (QED) is 0.910. The van der Waals surface area contributed by atoms with Crippen molar-refractivity contribution in [3.63, 3.8) is 0 Å². The van der Waals surface area contributed by atoms with Gasteiger partial charge in [0.05, 0.1) is 29.3 Å². The highest BCUT2D eigenvalue weighted by Gasteiger charge is 2.32. The number of fused-ring (bicyclic) bond motifs is 1. The first kappa shape index (κ1) is 16.1. The maximum Gasteiger partial charge on any atom is 0.226 e. The zero-order chi connectivity index (χ0) is 16.6. The van der Waals surface area contributed by atoms with Gasteiger partial charge in [-0.1, -0.05) is 45.0 Å². The van der Waals surface area contributed by atoms with Crippen molar-refractivity contribution >= 4 is 17.2 Å². The Labute approximate surface area is 140 Å². The number of aromatic nitrogens is 1. The molecule has 1 amide bonds. The van der Waals surface area contributed by atoms with E-state index in [1.807, 2.05) is 29.6 Å². The topological polar surface area (TPSA) is 62.2 Å². The van der Waals surface area contributed by atoms with Crippen LogP contribution in [0.1, 0.15) is 48.6 Å². The van der Waals surface area contributed by atoms with Gasteiger partial charge in [-0.15, -0.1) is 11.3 Å². The van der Waals surface area contributed by atoms with E-state index in [0.29, 0.717) is 6.42 Å². The largest absolute Gasteiger partial charge is 0.390 e. The van der Waals surface area contributed by atoms with Crippen LogP contribution < -0.4 is 5.32 Å². The number of benzene rings is 1. The second kappa shape index (κ2) is 6.06. The third-order valence-electron chi connectivity index (χ3n) is 4.06. The van der Waals surface area contributed by atoms with Gasteiger partial charge >= 0.3 is 0 Å². The lowest BCUT2D eigenvalue weighted by Gasteiger charge is -2.17. The molecule has 2 atom stereocenters. The zero-order valence-corrected chi connectivity index (χ0v) is 14.5. The molecule has 5 heteroatoms. The van der Waals surface area contributed by atoms with Gasteiger partial charge in [-0.3, -0.25) is 4.79 Å². The molecular formula is C18H22N2O2S. The molecule has 23 heavy (non-hydrogen) atoms. The molecule has 0 spiro atoms. The Morgan fingerprint density at radius 3 is 2.83 bits per heavy atom. The van der Waals surface area contributed by atoms with E-state index < -0.39 is 6.10 Å². The van der Waals surface area contributed by atoms with Gasteiger partial charge in [-0.2, -0.15) is 0 Å². The molecule has 1 aliphatic carbocycles. The van der Waals surface area contributed by atoms with E-state index in [-0.39, 0.29) is 23.8 Å². The molecule has 0 unspecified atom stereocenters. The zero-order valence-electron chi connectivity index (χ0n) is 13.7. The van der Waals surface area contributed by atoms with Gasteiger partial charge in [0.1, 0.15) is 0 Å². The number of amides is 1. The van der Waals surface area contributed by atoms with E-state index in [2.05, 4.69) is 31.1 Å². The minimum absolute atomic E-state index is 0.0000204. The standard InChI is InChI=1S/C18H22N2O2S/c1-18(2,3)17-19-12(10-23-17)9-15(22)20-16-13-7-5-4-6-11(13)8-14(16)21/h4-7,10,14,16,21H,8-9H2,1-3H3,(H,20,22)/t14-,16+/m1/s1. The Kier molecular flexibility index (Phi) is 4.25. The summed E-state index contributed by atoms with van der Waals surface area (Å²) >= 11 is 1.59. The van der Waals surface area contributed by atoms with Gasteiger partial charge in [0.15, 0.2) is 0 Å². The van der Waals surface area contributed by atoms with E-state index in [1.165, 1.54) is 0 Å². The van der Waals surface area contributed by atoms with Crippen molar-refractivity contribution in [3.8, 4) is 0 Å². The van der Waals surface area contributed by atoms with Crippen molar-refractivity contribution < 1.29 is 9.90 Å². The van der Waals surface area contributed by atoms with Crippen LogP contribution in [0.5, 0.6) is 0 Å². The van der Waals surface area contributed by atoms with Crippen LogP contribution in [-0.4, -0.2) is 22.1 Å². The maximum absolute atomic E-state index is 12.3. The molecule has 0 fully saturated rings. The van der Waals surface area contributed by atoms with Crippen molar-refractivity contribution in [2.24, 2.45) is 0 Å². The number of carbonyl (C=O) groups excluding carboxylic acids is 1. The summed E-state index contributed by atoms with van der Waals surface area (Å²) < 4.78 is 0. The lowest BCUT2D eigenvalue weighted by atomic mass is 9.98. The summed E-state index contributed by atoms with van der Waals surface area (Å²) in [7, 11) is 0. The van der Waals surface area contributed by atoms with Crippen LogP contribution in [0.4, 0.5) is 0 Å². The first-order chi connectivity index (χ1) is 10.8. The summed E-state index contributed by atoms with van der Waals surface area (Å²) in [6.07, 6.45) is 0.279. The molecule has 0 bridgehead atoms. The van der Waals surface area contributed by atoms with E-state index in [9.17, 15) is 9.90 Å². The highest BCUT2D eigenvalue weighted by Crippen LogP contribution is 2.31. The van der Waals surface area contributed by atoms with Crippen molar-refractivity contribution in [1.82, 2.24) is 10.3 Å². The summed E-state index contributed by atoms with van der Waals surface area (Å²) in [5.41, 5.74) is 2.91. The first-order valence-corrected chi connectivity index (χ1v) is 8.72. The molecule has 0 radical (unpaired) electrons. The fourth-order valence-electron chi connectivity index (χ4n) is 2.87. The normalized spacial score (nSPS) is 20.3. The summed E-state index contributed by atoms with van der Waals surface area (Å²) in [5.74, 6) is -0.100. The molecule has 1 aromatic heterocycles. The fourth-order valence-corrected chi connectivity index (χ4v) is 3.78. The highest BCUT2D eigenvalue weighted by atomic mass is 32.1. The summed E-state index contributed by atoms with van der Waals surface area (Å²) in [5, 5.41) is 16.1. The van der Waals surface area contributed by atoms with Crippen LogP contribution in [0.3, 0.4) is 0 Å². The fraction of sp³-hybridized carbons (Fsp3) is 0.444. The molecule has 3 rings (SSSR count). The monoisotopic (exact) mass is 330 g/mol. The van der Waals surface area contributed by atoms with E-state index in [4.69, 9.17) is 0 Å². The maximum atomic E-state index is 12.3. The number of thiazole rings is 1. The van der Waals surface area contributed by atoms with Crippen LogP contribution in [0.25, 0.3) is 0 Å². The lowest BCUT2D eigenvalue weighted by molar-refractivity contribution is -0.122. The van der Waals surface area contributed by atoms with Crippen LogP contribution in [-0.2, 0) is 23.1 Å². The molecule has 0 aliphatic heterocycles. The third kappa shape index (κ3) is 3.46. The lowest BCUT2D eigenvalue weighted by Crippen LogP contribution is -2.34. The number of rotatable bonds is 3. The molecule has 0 saturated carbocycles. The summed E-state index contributed by atoms with van der Waals surface area (Å²) in [6, 6.07) is 7.54. The summed E-state index contributed by atoms with van der Waals surface area (Å²) in [4.78, 5) is 16.9. The van der Waals surface area contributed by atoms with E-state index in [0.717, 1.165) is 21.8 Å². The van der Waals surface area contributed by atoms with Crippen LogP contribution in [0.2, 0.25) is 0 Å². The number of hydrogen-bond acceptors (Lipinski definition) is 4. The second-order valence-corrected chi connectivity index (χ2v) is 7.94. The molecule has 0 saturated heterocycles. The van der Waals surface area contributed by atoms with Gasteiger partial charge in [0, 0.05) is 17.2 Å². The average Bonchev–Trinajstić information content (AvgIpc) is 3.04. The smallest absolute Gasteiger partial charge is 0.226 e. The van der Waals surface area contributed by atoms with Gasteiger partial charge < -0.3 is 10.4 Å². The van der Waals surface area contributed by atoms with Gasteiger partial charge in [0.2, 0.25) is 5.91 Å². The molecule has 1 heterocycles. The first-order valence-electron chi connectivity index (χ1n) is 7.84. The number of aliphatic hydroxyl groups excluding tert-OH is 1. The molecule has 1 aromatic carbocycles. The van der Waals surface area contributed by atoms with Crippen molar-refractivity contribution in [1.29, 1.82) is 0 Å². The number of nitrogens with one attached hydrogen (secondary N) is 1. The number of hydrogen-bond donors (Lipinski definition) is 2. The number of nitrogens with zero attached hydrogens (tertiary/aromatic N) is 1. The SMILES string of the molecule is CC(C)(C)c1nc(CC(=O)N[C@H]2c3ccccc3C[C@H]2O)cs1. The Hall–Kier alpha value is -1.72. The minimum Gasteiger partial charge on any atom is -0.390 e. The number of aliphatic hydroxyl groups is 1. The van der Waals surface area contributed by atoms with E-state index in [1.54, 1.807) is 11.3 Å². The molecule has 4 nitrogen and oxygen atoms in total. The predicted molar refractivity (Wildman–Crippen MR) is 91.6 cm³/mol. The Morgan fingerprint density at radius 1 is 1.39 bits per heavy atom. The van der Waals surface area contributed by atoms with Gasteiger partial charge in [0.25, 0.3) is 0 Å². The molecule has 2 N–H and O–H groups in total. The molecule has 2 aromatic rings. The Morgan fingerprint density at radius 2 is 2.13 bits per heavy atom. The average molecular weight is 330 g/mol. The number of carbonyl (C=O) groups is 1. The molecule has 122 valence electrons. The Bertz CT molecular complexity index is 718. The summed E-state index contributed by atoms with van der Waals surface area (Å²) in [6.45, 7) is 6.34. The second-order valence-electron chi connectivity index (χ2n) is 7.09.